The predicted octanol–water partition coefficient (Wildman–Crippen LogP) is 1.88. The number of hydrogen-bond donors (Lipinski definition) is 1. The molecule has 1 N–H and O–H groups in total. The summed E-state index contributed by atoms with van der Waals surface area (Å²) in [4.78, 5) is 13.7. The quantitative estimate of drug-likeness (QED) is 0.813. The van der Waals surface area contributed by atoms with Gasteiger partial charge in [0.15, 0.2) is 0 Å². The first kappa shape index (κ1) is 12.9. The van der Waals surface area contributed by atoms with E-state index >= 15 is 0 Å². The SMILES string of the molecule is COC(=O)C(C)N1CCCC(O)c2ccccc21. The monoisotopic (exact) mass is 249 g/mol. The number of esters is 1. The fourth-order valence-electron chi connectivity index (χ4n) is 2.46. The molecule has 0 aliphatic carbocycles. The molecule has 18 heavy (non-hydrogen) atoms. The lowest BCUT2D eigenvalue weighted by molar-refractivity contribution is -0.141. The minimum atomic E-state index is -0.448. The van der Waals surface area contributed by atoms with Crippen LogP contribution < -0.4 is 4.90 Å². The molecule has 0 fully saturated rings. The highest BCUT2D eigenvalue weighted by atomic mass is 16.5. The summed E-state index contributed by atoms with van der Waals surface area (Å²) in [5.41, 5.74) is 1.83. The summed E-state index contributed by atoms with van der Waals surface area (Å²) in [6, 6.07) is 7.37. The Morgan fingerprint density at radius 3 is 2.94 bits per heavy atom. The van der Waals surface area contributed by atoms with E-state index in [1.807, 2.05) is 36.1 Å². The number of methoxy groups -OCH3 is 1. The zero-order valence-electron chi connectivity index (χ0n) is 10.8. The van der Waals surface area contributed by atoms with Gasteiger partial charge < -0.3 is 14.7 Å². The van der Waals surface area contributed by atoms with E-state index in [0.29, 0.717) is 0 Å². The Balaban J connectivity index is 2.37. The van der Waals surface area contributed by atoms with Crippen LogP contribution in [0.1, 0.15) is 31.4 Å². The Labute approximate surface area is 107 Å². The highest BCUT2D eigenvalue weighted by molar-refractivity contribution is 5.80. The molecule has 0 spiro atoms. The molecule has 1 aromatic carbocycles. The molecule has 0 saturated carbocycles. The van der Waals surface area contributed by atoms with Crippen molar-refractivity contribution in [3.05, 3.63) is 29.8 Å². The summed E-state index contributed by atoms with van der Waals surface area (Å²) in [5.74, 6) is -0.249. The van der Waals surface area contributed by atoms with Crippen LogP contribution in [-0.4, -0.2) is 30.8 Å². The topological polar surface area (TPSA) is 49.8 Å². The van der Waals surface area contributed by atoms with Crippen molar-refractivity contribution in [1.82, 2.24) is 0 Å². The van der Waals surface area contributed by atoms with E-state index in [2.05, 4.69) is 0 Å². The Morgan fingerprint density at radius 2 is 2.22 bits per heavy atom. The molecular formula is C14H19NO3. The molecule has 4 nitrogen and oxygen atoms in total. The van der Waals surface area contributed by atoms with Crippen LogP contribution in [0.2, 0.25) is 0 Å². The van der Waals surface area contributed by atoms with Gasteiger partial charge in [-0.2, -0.15) is 0 Å². The highest BCUT2D eigenvalue weighted by Crippen LogP contribution is 2.33. The van der Waals surface area contributed by atoms with Crippen LogP contribution in [0.15, 0.2) is 24.3 Å². The molecular weight excluding hydrogens is 230 g/mol. The summed E-state index contributed by atoms with van der Waals surface area (Å²) in [5, 5.41) is 10.1. The molecule has 1 heterocycles. The summed E-state index contributed by atoms with van der Waals surface area (Å²) < 4.78 is 4.80. The maximum Gasteiger partial charge on any atom is 0.328 e. The minimum Gasteiger partial charge on any atom is -0.467 e. The Bertz CT molecular complexity index is 433. The summed E-state index contributed by atoms with van der Waals surface area (Å²) in [6.45, 7) is 2.59. The van der Waals surface area contributed by atoms with Gasteiger partial charge >= 0.3 is 5.97 Å². The third kappa shape index (κ3) is 2.34. The molecule has 1 aliphatic heterocycles. The van der Waals surface area contributed by atoms with Crippen molar-refractivity contribution in [2.75, 3.05) is 18.6 Å². The number of rotatable bonds is 2. The zero-order chi connectivity index (χ0) is 13.1. The van der Waals surface area contributed by atoms with Gasteiger partial charge in [0.2, 0.25) is 0 Å². The Kier molecular flexibility index (Phi) is 3.87. The molecule has 2 rings (SSSR count). The number of nitrogens with zero attached hydrogens (tertiary/aromatic N) is 1. The maximum atomic E-state index is 11.7. The van der Waals surface area contributed by atoms with Crippen LogP contribution in [0.4, 0.5) is 5.69 Å². The van der Waals surface area contributed by atoms with E-state index in [-0.39, 0.29) is 12.0 Å². The second-order valence-electron chi connectivity index (χ2n) is 4.61. The fourth-order valence-corrected chi connectivity index (χ4v) is 2.46. The normalized spacial score (nSPS) is 20.8. The van der Waals surface area contributed by atoms with Crippen molar-refractivity contribution in [2.45, 2.75) is 31.9 Å². The second-order valence-corrected chi connectivity index (χ2v) is 4.61. The lowest BCUT2D eigenvalue weighted by atomic mass is 10.0. The molecule has 0 bridgehead atoms. The molecule has 2 unspecified atom stereocenters. The van der Waals surface area contributed by atoms with Crippen molar-refractivity contribution in [2.24, 2.45) is 0 Å². The number of aliphatic hydroxyl groups is 1. The first-order chi connectivity index (χ1) is 8.65. The molecule has 1 aliphatic rings. The largest absolute Gasteiger partial charge is 0.467 e. The zero-order valence-corrected chi connectivity index (χ0v) is 10.8. The summed E-state index contributed by atoms with van der Waals surface area (Å²) >= 11 is 0. The summed E-state index contributed by atoms with van der Waals surface area (Å²) in [7, 11) is 1.40. The number of benzene rings is 1. The van der Waals surface area contributed by atoms with Gasteiger partial charge in [-0.3, -0.25) is 0 Å². The highest BCUT2D eigenvalue weighted by Gasteiger charge is 2.27. The number of fused-ring (bicyclic) bond motifs is 1. The number of carbonyl (C=O) groups is 1. The van der Waals surface area contributed by atoms with Crippen molar-refractivity contribution >= 4 is 11.7 Å². The van der Waals surface area contributed by atoms with Gasteiger partial charge in [-0.1, -0.05) is 18.2 Å². The van der Waals surface area contributed by atoms with E-state index in [0.717, 1.165) is 30.6 Å². The van der Waals surface area contributed by atoms with Gasteiger partial charge in [0.1, 0.15) is 6.04 Å². The van der Waals surface area contributed by atoms with E-state index in [9.17, 15) is 9.90 Å². The average molecular weight is 249 g/mol. The molecule has 1 aromatic rings. The molecule has 0 aromatic heterocycles. The summed E-state index contributed by atoms with van der Waals surface area (Å²) in [6.07, 6.45) is 1.13. The fraction of sp³-hybridized carbons (Fsp3) is 0.500. The van der Waals surface area contributed by atoms with Crippen molar-refractivity contribution in [3.8, 4) is 0 Å². The van der Waals surface area contributed by atoms with Crippen LogP contribution in [0.5, 0.6) is 0 Å². The van der Waals surface area contributed by atoms with E-state index in [1.165, 1.54) is 7.11 Å². The first-order valence-electron chi connectivity index (χ1n) is 6.26. The lowest BCUT2D eigenvalue weighted by Gasteiger charge is -2.29. The van der Waals surface area contributed by atoms with E-state index < -0.39 is 6.10 Å². The maximum absolute atomic E-state index is 11.7. The average Bonchev–Trinajstić information content (AvgIpc) is 2.57. The van der Waals surface area contributed by atoms with Gasteiger partial charge in [0.25, 0.3) is 0 Å². The van der Waals surface area contributed by atoms with Crippen molar-refractivity contribution in [1.29, 1.82) is 0 Å². The smallest absolute Gasteiger partial charge is 0.328 e. The number of aliphatic hydroxyl groups excluding tert-OH is 1. The number of carbonyl (C=O) groups excluding carboxylic acids is 1. The first-order valence-corrected chi connectivity index (χ1v) is 6.26. The Hall–Kier alpha value is -1.55. The van der Waals surface area contributed by atoms with Crippen LogP contribution in [0.25, 0.3) is 0 Å². The molecule has 2 atom stereocenters. The van der Waals surface area contributed by atoms with Crippen molar-refractivity contribution in [3.63, 3.8) is 0 Å². The molecule has 0 amide bonds. The van der Waals surface area contributed by atoms with Crippen molar-refractivity contribution < 1.29 is 14.6 Å². The lowest BCUT2D eigenvalue weighted by Crippen LogP contribution is -2.40. The second kappa shape index (κ2) is 5.40. The Morgan fingerprint density at radius 1 is 1.50 bits per heavy atom. The number of ether oxygens (including phenoxy) is 1. The van der Waals surface area contributed by atoms with E-state index in [1.54, 1.807) is 0 Å². The van der Waals surface area contributed by atoms with Gasteiger partial charge in [-0.25, -0.2) is 4.79 Å². The molecule has 0 radical (unpaired) electrons. The van der Waals surface area contributed by atoms with Crippen LogP contribution in [-0.2, 0) is 9.53 Å². The van der Waals surface area contributed by atoms with Crippen LogP contribution in [0, 0.1) is 0 Å². The standard InChI is InChI=1S/C14H19NO3/c1-10(14(17)18-2)15-9-5-8-13(16)11-6-3-4-7-12(11)15/h3-4,6-7,10,13,16H,5,8-9H2,1-2H3. The molecule has 98 valence electrons. The minimum absolute atomic E-state index is 0.249. The third-order valence-electron chi connectivity index (χ3n) is 3.49. The van der Waals surface area contributed by atoms with Crippen LogP contribution >= 0.6 is 0 Å². The van der Waals surface area contributed by atoms with Gasteiger partial charge in [-0.15, -0.1) is 0 Å². The van der Waals surface area contributed by atoms with Crippen LogP contribution in [0.3, 0.4) is 0 Å². The molecule has 0 saturated heterocycles. The third-order valence-corrected chi connectivity index (χ3v) is 3.49. The number of hydrogen-bond acceptors (Lipinski definition) is 4. The molecule has 4 heteroatoms. The van der Waals surface area contributed by atoms with Gasteiger partial charge in [-0.05, 0) is 25.8 Å². The van der Waals surface area contributed by atoms with E-state index in [4.69, 9.17) is 4.74 Å². The van der Waals surface area contributed by atoms with Gasteiger partial charge in [0.05, 0.1) is 13.2 Å². The predicted molar refractivity (Wildman–Crippen MR) is 69.5 cm³/mol. The number of anilines is 1. The van der Waals surface area contributed by atoms with Gasteiger partial charge in [0, 0.05) is 17.8 Å². The number of para-hydroxylation sites is 1.